The molecule has 0 radical (unpaired) electrons. The zero-order valence-corrected chi connectivity index (χ0v) is 11.9. The largest absolute Gasteiger partial charge is 0.438 e. The van der Waals surface area contributed by atoms with E-state index in [0.717, 1.165) is 0 Å². The van der Waals surface area contributed by atoms with Crippen LogP contribution in [-0.2, 0) is 28.3 Å². The molecular formula is C12H21BO6. The zero-order valence-electron chi connectivity index (χ0n) is 11.9. The van der Waals surface area contributed by atoms with Gasteiger partial charge in [0.05, 0.1) is 25.4 Å². The molecule has 0 bridgehead atoms. The van der Waals surface area contributed by atoms with E-state index in [1.165, 1.54) is 0 Å². The van der Waals surface area contributed by atoms with E-state index in [2.05, 4.69) is 0 Å². The average Bonchev–Trinajstić information content (AvgIpc) is 2.96. The maximum atomic E-state index is 5.85. The van der Waals surface area contributed by atoms with Gasteiger partial charge in [-0.05, 0) is 27.7 Å². The summed E-state index contributed by atoms with van der Waals surface area (Å²) in [4.78, 5) is 0. The molecule has 4 atom stereocenters. The molecule has 3 fully saturated rings. The van der Waals surface area contributed by atoms with Gasteiger partial charge in [0.15, 0.2) is 11.6 Å². The third-order valence-corrected chi connectivity index (χ3v) is 3.64. The summed E-state index contributed by atoms with van der Waals surface area (Å²) in [6, 6.07) is 0. The SMILES string of the molecule is CC1(C)OC[C@@H]([C@@H]2OBO[C@H]2[C@@H]2COC(C)(C)O2)O1. The lowest BCUT2D eigenvalue weighted by atomic mass is 10.0. The summed E-state index contributed by atoms with van der Waals surface area (Å²) in [5.74, 6) is -1.12. The molecule has 0 N–H and O–H groups in total. The third kappa shape index (κ3) is 2.81. The fourth-order valence-electron chi connectivity index (χ4n) is 2.78. The van der Waals surface area contributed by atoms with Gasteiger partial charge in [-0.3, -0.25) is 0 Å². The standard InChI is InChI=1S/C12H21BO6/c1-11(2)14-5-7(16-11)9-10(19-13-18-9)8-6-15-12(3,4)17-8/h7-10,13H,5-6H2,1-4H3/t7-,8-,9-,10-/m0/s1. The van der Waals surface area contributed by atoms with Crippen molar-refractivity contribution >= 4 is 7.69 Å². The minimum Gasteiger partial charge on any atom is -0.406 e. The van der Waals surface area contributed by atoms with Gasteiger partial charge in [0, 0.05) is 0 Å². The van der Waals surface area contributed by atoms with Crippen LogP contribution < -0.4 is 0 Å². The second-order valence-corrected chi connectivity index (χ2v) is 6.11. The van der Waals surface area contributed by atoms with Crippen LogP contribution in [0.15, 0.2) is 0 Å². The smallest absolute Gasteiger partial charge is 0.406 e. The number of hydrogen-bond donors (Lipinski definition) is 0. The van der Waals surface area contributed by atoms with Crippen LogP contribution in [0.3, 0.4) is 0 Å². The van der Waals surface area contributed by atoms with Crippen molar-refractivity contribution in [3.63, 3.8) is 0 Å². The van der Waals surface area contributed by atoms with Gasteiger partial charge in [-0.2, -0.15) is 0 Å². The normalized spacial score (nSPS) is 44.4. The first-order chi connectivity index (χ1) is 8.86. The number of hydrogen-bond acceptors (Lipinski definition) is 6. The van der Waals surface area contributed by atoms with Crippen LogP contribution in [0.2, 0.25) is 0 Å². The summed E-state index contributed by atoms with van der Waals surface area (Å²) in [5, 5.41) is 0. The first-order valence-electron chi connectivity index (χ1n) is 6.73. The van der Waals surface area contributed by atoms with Crippen molar-refractivity contribution in [3.05, 3.63) is 0 Å². The van der Waals surface area contributed by atoms with Crippen molar-refractivity contribution in [1.29, 1.82) is 0 Å². The molecule has 7 heteroatoms. The van der Waals surface area contributed by atoms with Crippen LogP contribution >= 0.6 is 0 Å². The van der Waals surface area contributed by atoms with E-state index in [9.17, 15) is 0 Å². The molecule has 3 rings (SSSR count). The first-order valence-corrected chi connectivity index (χ1v) is 6.73. The van der Waals surface area contributed by atoms with Crippen LogP contribution in [0, 0.1) is 0 Å². The van der Waals surface area contributed by atoms with Gasteiger partial charge in [0.2, 0.25) is 0 Å². The molecule has 3 saturated heterocycles. The maximum absolute atomic E-state index is 5.85. The molecule has 0 amide bonds. The Hall–Kier alpha value is -0.175. The Balaban J connectivity index is 1.66. The second kappa shape index (κ2) is 4.68. The van der Waals surface area contributed by atoms with E-state index in [4.69, 9.17) is 28.3 Å². The van der Waals surface area contributed by atoms with Crippen LogP contribution in [0.1, 0.15) is 27.7 Å². The van der Waals surface area contributed by atoms with E-state index in [1.807, 2.05) is 27.7 Å². The molecule has 0 aromatic heterocycles. The molecule has 3 aliphatic rings. The van der Waals surface area contributed by atoms with Gasteiger partial charge in [-0.25, -0.2) is 0 Å². The molecular weight excluding hydrogens is 251 g/mol. The molecule has 6 nitrogen and oxygen atoms in total. The van der Waals surface area contributed by atoms with E-state index in [-0.39, 0.29) is 32.1 Å². The molecule has 0 aromatic carbocycles. The van der Waals surface area contributed by atoms with E-state index >= 15 is 0 Å². The maximum Gasteiger partial charge on any atom is 0.438 e. The third-order valence-electron chi connectivity index (χ3n) is 3.64. The van der Waals surface area contributed by atoms with Crippen molar-refractivity contribution in [3.8, 4) is 0 Å². The van der Waals surface area contributed by atoms with Gasteiger partial charge >= 0.3 is 7.69 Å². The lowest BCUT2D eigenvalue weighted by Crippen LogP contribution is -2.45. The summed E-state index contributed by atoms with van der Waals surface area (Å²) in [7, 11) is 0.260. The topological polar surface area (TPSA) is 55.4 Å². The summed E-state index contributed by atoms with van der Waals surface area (Å²) in [5.41, 5.74) is 0. The Morgan fingerprint density at radius 1 is 0.789 bits per heavy atom. The second-order valence-electron chi connectivity index (χ2n) is 6.11. The number of rotatable bonds is 2. The minimum atomic E-state index is -0.562. The highest BCUT2D eigenvalue weighted by Gasteiger charge is 2.50. The highest BCUT2D eigenvalue weighted by atomic mass is 16.8. The highest BCUT2D eigenvalue weighted by Crippen LogP contribution is 2.34. The summed E-state index contributed by atoms with van der Waals surface area (Å²) in [6.07, 6.45) is -0.613. The summed E-state index contributed by atoms with van der Waals surface area (Å²) < 4.78 is 34.2. The number of ether oxygens (including phenoxy) is 4. The Kier molecular flexibility index (Phi) is 3.40. The molecule has 3 aliphatic heterocycles. The molecule has 0 saturated carbocycles. The van der Waals surface area contributed by atoms with Crippen LogP contribution in [0.4, 0.5) is 0 Å². The molecule has 0 aromatic rings. The molecule has 3 heterocycles. The quantitative estimate of drug-likeness (QED) is 0.676. The average molecular weight is 272 g/mol. The minimum absolute atomic E-state index is 0.130. The van der Waals surface area contributed by atoms with Gasteiger partial charge in [-0.15, -0.1) is 0 Å². The molecule has 108 valence electrons. The first kappa shape index (κ1) is 13.8. The van der Waals surface area contributed by atoms with Gasteiger partial charge in [0.1, 0.15) is 12.2 Å². The van der Waals surface area contributed by atoms with Crippen molar-refractivity contribution in [2.45, 2.75) is 63.7 Å². The predicted molar refractivity (Wildman–Crippen MR) is 66.7 cm³/mol. The summed E-state index contributed by atoms with van der Waals surface area (Å²) >= 11 is 0. The van der Waals surface area contributed by atoms with Crippen LogP contribution in [0.25, 0.3) is 0 Å². The molecule has 19 heavy (non-hydrogen) atoms. The lowest BCUT2D eigenvalue weighted by Gasteiger charge is -2.28. The zero-order chi connectivity index (χ0) is 13.7. The monoisotopic (exact) mass is 272 g/mol. The van der Waals surface area contributed by atoms with Gasteiger partial charge in [-0.1, -0.05) is 0 Å². The predicted octanol–water partition coefficient (Wildman–Crippen LogP) is 0.340. The fourth-order valence-corrected chi connectivity index (χ4v) is 2.78. The Morgan fingerprint density at radius 3 is 1.53 bits per heavy atom. The van der Waals surface area contributed by atoms with Crippen molar-refractivity contribution in [2.75, 3.05) is 13.2 Å². The Labute approximate surface area is 113 Å². The summed E-state index contributed by atoms with van der Waals surface area (Å²) in [6.45, 7) is 8.61. The Morgan fingerprint density at radius 2 is 1.21 bits per heavy atom. The van der Waals surface area contributed by atoms with E-state index in [0.29, 0.717) is 13.2 Å². The van der Waals surface area contributed by atoms with Crippen molar-refractivity contribution < 1.29 is 28.3 Å². The van der Waals surface area contributed by atoms with Crippen molar-refractivity contribution in [1.82, 2.24) is 0 Å². The Bertz CT molecular complexity index is 315. The fraction of sp³-hybridized carbons (Fsp3) is 1.00. The molecule has 0 unspecified atom stereocenters. The van der Waals surface area contributed by atoms with E-state index < -0.39 is 11.6 Å². The van der Waals surface area contributed by atoms with E-state index in [1.54, 1.807) is 0 Å². The van der Waals surface area contributed by atoms with Gasteiger partial charge < -0.3 is 28.3 Å². The molecule has 0 spiro atoms. The highest BCUT2D eigenvalue weighted by molar-refractivity contribution is 6.19. The van der Waals surface area contributed by atoms with Gasteiger partial charge in [0.25, 0.3) is 0 Å². The van der Waals surface area contributed by atoms with Crippen LogP contribution in [0.5, 0.6) is 0 Å². The molecule has 0 aliphatic carbocycles. The lowest BCUT2D eigenvalue weighted by molar-refractivity contribution is -0.165. The van der Waals surface area contributed by atoms with Crippen LogP contribution in [-0.4, -0.2) is 56.9 Å². The van der Waals surface area contributed by atoms with Crippen molar-refractivity contribution in [2.24, 2.45) is 0 Å².